The molecule has 4 rings (SSSR count). The van der Waals surface area contributed by atoms with E-state index in [1.54, 1.807) is 14.0 Å². The Bertz CT molecular complexity index is 1050. The molecule has 0 unspecified atom stereocenters. The van der Waals surface area contributed by atoms with E-state index in [0.717, 1.165) is 24.3 Å². The second-order valence-corrected chi connectivity index (χ2v) is 8.67. The van der Waals surface area contributed by atoms with Gasteiger partial charge in [0.25, 0.3) is 0 Å². The summed E-state index contributed by atoms with van der Waals surface area (Å²) in [5.74, 6) is -0.294. The first kappa shape index (κ1) is 23.1. The molecule has 33 heavy (non-hydrogen) atoms. The van der Waals surface area contributed by atoms with Crippen LogP contribution in [0, 0.1) is 5.92 Å². The first-order valence-electron chi connectivity index (χ1n) is 11.4. The summed E-state index contributed by atoms with van der Waals surface area (Å²) in [5, 5.41) is 0. The summed E-state index contributed by atoms with van der Waals surface area (Å²) in [7, 11) is 3.07. The minimum Gasteiger partial charge on any atom is -0.497 e. The smallest absolute Gasteiger partial charge is 0.330 e. The van der Waals surface area contributed by atoms with E-state index in [-0.39, 0.29) is 29.8 Å². The number of ether oxygens (including phenoxy) is 3. The van der Waals surface area contributed by atoms with Gasteiger partial charge in [0.2, 0.25) is 0 Å². The van der Waals surface area contributed by atoms with Crippen molar-refractivity contribution in [2.24, 2.45) is 5.92 Å². The van der Waals surface area contributed by atoms with Gasteiger partial charge in [-0.2, -0.15) is 0 Å². The van der Waals surface area contributed by atoms with E-state index in [4.69, 9.17) is 14.2 Å². The van der Waals surface area contributed by atoms with Crippen molar-refractivity contribution in [2.75, 3.05) is 27.4 Å². The molecule has 0 aromatic heterocycles. The molecule has 0 bridgehead atoms. The molecule has 6 heteroatoms. The Labute approximate surface area is 195 Å². The predicted octanol–water partition coefficient (Wildman–Crippen LogP) is 4.06. The van der Waals surface area contributed by atoms with E-state index in [1.165, 1.54) is 24.3 Å². The number of hydrogen-bond acceptors (Lipinski definition) is 6. The summed E-state index contributed by atoms with van der Waals surface area (Å²) >= 11 is 0. The van der Waals surface area contributed by atoms with Crippen LogP contribution < -0.4 is 4.74 Å². The summed E-state index contributed by atoms with van der Waals surface area (Å²) in [6.45, 7) is 4.79. The summed E-state index contributed by atoms with van der Waals surface area (Å²) in [4.78, 5) is 27.9. The van der Waals surface area contributed by atoms with Gasteiger partial charge >= 0.3 is 11.9 Å². The molecular weight excluding hydrogens is 418 g/mol. The van der Waals surface area contributed by atoms with Gasteiger partial charge in [-0.05, 0) is 49.1 Å². The SMILES string of the molecule is CCOC(=O)/C=C/[C@@H]1[C@@H](c2ccc(OC)cc2)[C@](C)(C(=O)OC)N2CCc3ccccc3[C@@H]12. The van der Waals surface area contributed by atoms with E-state index < -0.39 is 5.54 Å². The van der Waals surface area contributed by atoms with Gasteiger partial charge in [0.05, 0.1) is 20.8 Å². The van der Waals surface area contributed by atoms with Crippen molar-refractivity contribution in [3.63, 3.8) is 0 Å². The molecule has 0 N–H and O–H groups in total. The molecule has 174 valence electrons. The van der Waals surface area contributed by atoms with Crippen molar-refractivity contribution in [3.05, 3.63) is 77.4 Å². The first-order valence-corrected chi connectivity index (χ1v) is 11.4. The van der Waals surface area contributed by atoms with E-state index in [0.29, 0.717) is 6.61 Å². The molecule has 0 saturated carbocycles. The molecule has 2 aliphatic heterocycles. The third-order valence-electron chi connectivity index (χ3n) is 7.10. The molecule has 4 atom stereocenters. The maximum Gasteiger partial charge on any atom is 0.330 e. The highest BCUT2D eigenvalue weighted by molar-refractivity contribution is 5.84. The zero-order chi connectivity index (χ0) is 23.6. The Morgan fingerprint density at radius 1 is 1.12 bits per heavy atom. The second-order valence-electron chi connectivity index (χ2n) is 8.67. The molecule has 2 heterocycles. The van der Waals surface area contributed by atoms with Crippen molar-refractivity contribution in [1.29, 1.82) is 0 Å². The molecule has 2 aromatic rings. The van der Waals surface area contributed by atoms with Gasteiger partial charge in [0, 0.05) is 30.5 Å². The van der Waals surface area contributed by atoms with Crippen LogP contribution >= 0.6 is 0 Å². The lowest BCUT2D eigenvalue weighted by Gasteiger charge is -2.41. The van der Waals surface area contributed by atoms with Crippen LogP contribution in [0.15, 0.2) is 60.7 Å². The van der Waals surface area contributed by atoms with E-state index in [1.807, 2.05) is 49.4 Å². The first-order chi connectivity index (χ1) is 15.9. The van der Waals surface area contributed by atoms with Crippen LogP contribution in [0.4, 0.5) is 0 Å². The monoisotopic (exact) mass is 449 g/mol. The van der Waals surface area contributed by atoms with Crippen LogP contribution in [0.3, 0.4) is 0 Å². The largest absolute Gasteiger partial charge is 0.497 e. The lowest BCUT2D eigenvalue weighted by molar-refractivity contribution is -0.154. The van der Waals surface area contributed by atoms with Crippen molar-refractivity contribution >= 4 is 11.9 Å². The zero-order valence-corrected chi connectivity index (χ0v) is 19.6. The van der Waals surface area contributed by atoms with E-state index in [9.17, 15) is 9.59 Å². The quantitative estimate of drug-likeness (QED) is 0.490. The molecule has 0 aliphatic carbocycles. The highest BCUT2D eigenvalue weighted by Crippen LogP contribution is 2.58. The van der Waals surface area contributed by atoms with Gasteiger partial charge < -0.3 is 14.2 Å². The minimum absolute atomic E-state index is 0.0724. The van der Waals surface area contributed by atoms with Gasteiger partial charge in [-0.25, -0.2) is 4.79 Å². The second kappa shape index (κ2) is 9.40. The number of fused-ring (bicyclic) bond motifs is 3. The highest BCUT2D eigenvalue weighted by atomic mass is 16.5. The van der Waals surface area contributed by atoms with Crippen LogP contribution in [-0.2, 0) is 25.5 Å². The maximum atomic E-state index is 13.4. The van der Waals surface area contributed by atoms with Gasteiger partial charge in [-0.3, -0.25) is 9.69 Å². The van der Waals surface area contributed by atoms with Crippen LogP contribution in [0.25, 0.3) is 0 Å². The Morgan fingerprint density at radius 3 is 2.52 bits per heavy atom. The molecule has 2 aliphatic rings. The molecule has 0 radical (unpaired) electrons. The fraction of sp³-hybridized carbons (Fsp3) is 0.407. The van der Waals surface area contributed by atoms with Crippen molar-refractivity contribution < 1.29 is 23.8 Å². The normalized spacial score (nSPS) is 26.5. The van der Waals surface area contributed by atoms with Crippen LogP contribution in [0.1, 0.15) is 42.5 Å². The summed E-state index contributed by atoms with van der Waals surface area (Å²) in [5.41, 5.74) is 2.55. The molecule has 0 spiro atoms. The van der Waals surface area contributed by atoms with Gasteiger partial charge in [-0.1, -0.05) is 42.5 Å². The van der Waals surface area contributed by atoms with Crippen molar-refractivity contribution in [2.45, 2.75) is 37.8 Å². The zero-order valence-electron chi connectivity index (χ0n) is 19.6. The Balaban J connectivity index is 1.90. The Morgan fingerprint density at radius 2 is 1.85 bits per heavy atom. The fourth-order valence-corrected chi connectivity index (χ4v) is 5.68. The third kappa shape index (κ3) is 3.93. The molecule has 2 aromatic carbocycles. The van der Waals surface area contributed by atoms with Crippen molar-refractivity contribution in [3.8, 4) is 5.75 Å². The number of methoxy groups -OCH3 is 2. The van der Waals surface area contributed by atoms with Crippen LogP contribution in [-0.4, -0.2) is 49.7 Å². The van der Waals surface area contributed by atoms with E-state index >= 15 is 0 Å². The lowest BCUT2D eigenvalue weighted by atomic mass is 9.74. The summed E-state index contributed by atoms with van der Waals surface area (Å²) < 4.78 is 15.9. The average Bonchev–Trinajstić information content (AvgIpc) is 3.11. The summed E-state index contributed by atoms with van der Waals surface area (Å²) in [6, 6.07) is 16.1. The molecule has 1 saturated heterocycles. The Hall–Kier alpha value is -3.12. The van der Waals surface area contributed by atoms with Gasteiger partial charge in [-0.15, -0.1) is 0 Å². The number of nitrogens with zero attached hydrogens (tertiary/aromatic N) is 1. The van der Waals surface area contributed by atoms with E-state index in [2.05, 4.69) is 17.0 Å². The lowest BCUT2D eigenvalue weighted by Crippen LogP contribution is -2.53. The van der Waals surface area contributed by atoms with Crippen LogP contribution in [0.5, 0.6) is 5.75 Å². The molecule has 0 amide bonds. The molecule has 1 fully saturated rings. The number of esters is 2. The third-order valence-corrected chi connectivity index (χ3v) is 7.10. The van der Waals surface area contributed by atoms with Gasteiger partial charge in [0.1, 0.15) is 11.3 Å². The standard InChI is InChI=1S/C27H31NO5/c1-5-33-23(29)15-14-22-24(19-10-12-20(31-3)13-11-19)27(2,26(30)32-4)28-17-16-18-8-6-7-9-21(18)25(22)28/h6-15,22,24-25H,5,16-17H2,1-4H3/b15-14+/t22-,24-,25+,27-/m1/s1. The predicted molar refractivity (Wildman–Crippen MR) is 125 cm³/mol. The Kier molecular flexibility index (Phi) is 6.56. The van der Waals surface area contributed by atoms with Crippen molar-refractivity contribution in [1.82, 2.24) is 4.90 Å². The number of carbonyl (C=O) groups excluding carboxylic acids is 2. The number of hydrogen-bond donors (Lipinski definition) is 0. The van der Waals surface area contributed by atoms with Crippen LogP contribution in [0.2, 0.25) is 0 Å². The number of benzene rings is 2. The molecular formula is C27H31NO5. The van der Waals surface area contributed by atoms with Gasteiger partial charge in [0.15, 0.2) is 0 Å². The summed E-state index contributed by atoms with van der Waals surface area (Å²) in [6.07, 6.45) is 4.27. The topological polar surface area (TPSA) is 65.1 Å². The minimum atomic E-state index is -0.912. The maximum absolute atomic E-state index is 13.4. The number of rotatable bonds is 6. The number of carbonyl (C=O) groups is 2. The fourth-order valence-electron chi connectivity index (χ4n) is 5.68. The highest BCUT2D eigenvalue weighted by Gasteiger charge is 2.61. The average molecular weight is 450 g/mol. The molecule has 6 nitrogen and oxygen atoms in total.